The first-order chi connectivity index (χ1) is 14.2. The van der Waals surface area contributed by atoms with Gasteiger partial charge < -0.3 is 24.5 Å². The third-order valence-electron chi connectivity index (χ3n) is 4.75. The number of para-hydroxylation sites is 1. The number of carbonyl (C=O) groups excluding carboxylic acids is 2. The number of carbonyl (C=O) groups is 2. The van der Waals surface area contributed by atoms with E-state index in [0.717, 1.165) is 16.5 Å². The zero-order chi connectivity index (χ0) is 21.7. The fraction of sp³-hybridized carbons (Fsp3) is 0.391. The second-order valence-electron chi connectivity index (χ2n) is 8.40. The maximum absolute atomic E-state index is 12.9. The highest BCUT2D eigenvalue weighted by atomic mass is 16.6. The van der Waals surface area contributed by atoms with Gasteiger partial charge in [0.05, 0.1) is 0 Å². The normalized spacial score (nSPS) is 12.5. The molecule has 1 aromatic carbocycles. The SMILES string of the molecule is Cn1cc(CC(NC(=O)OC(C)(C)C)C(=O)NCCn2cccc2)c2ccccc21. The highest BCUT2D eigenvalue weighted by Gasteiger charge is 2.25. The molecule has 7 heteroatoms. The van der Waals surface area contributed by atoms with Crippen LogP contribution in [0.25, 0.3) is 10.9 Å². The maximum Gasteiger partial charge on any atom is 0.408 e. The largest absolute Gasteiger partial charge is 0.444 e. The molecule has 2 amide bonds. The van der Waals surface area contributed by atoms with Crippen LogP contribution in [-0.2, 0) is 29.5 Å². The predicted octanol–water partition coefficient (Wildman–Crippen LogP) is 3.23. The molecule has 1 unspecified atom stereocenters. The summed E-state index contributed by atoms with van der Waals surface area (Å²) in [7, 11) is 1.97. The number of fused-ring (bicyclic) bond motifs is 1. The van der Waals surface area contributed by atoms with E-state index in [2.05, 4.69) is 10.6 Å². The zero-order valence-electron chi connectivity index (χ0n) is 18.0. The van der Waals surface area contributed by atoms with E-state index in [9.17, 15) is 9.59 Å². The number of alkyl carbamates (subject to hydrolysis) is 1. The molecule has 7 nitrogen and oxygen atoms in total. The van der Waals surface area contributed by atoms with Gasteiger partial charge in [0, 0.05) is 56.1 Å². The number of nitrogens with zero attached hydrogens (tertiary/aromatic N) is 2. The Kier molecular flexibility index (Phi) is 6.50. The predicted molar refractivity (Wildman–Crippen MR) is 117 cm³/mol. The van der Waals surface area contributed by atoms with Crippen molar-refractivity contribution in [1.82, 2.24) is 19.8 Å². The van der Waals surface area contributed by atoms with E-state index in [1.165, 1.54) is 0 Å². The van der Waals surface area contributed by atoms with E-state index in [4.69, 9.17) is 4.74 Å². The van der Waals surface area contributed by atoms with Crippen LogP contribution in [0.5, 0.6) is 0 Å². The van der Waals surface area contributed by atoms with E-state index >= 15 is 0 Å². The summed E-state index contributed by atoms with van der Waals surface area (Å²) in [5, 5.41) is 6.74. The van der Waals surface area contributed by atoms with Crippen LogP contribution in [0, 0.1) is 0 Å². The van der Waals surface area contributed by atoms with E-state index in [-0.39, 0.29) is 5.91 Å². The van der Waals surface area contributed by atoms with Crippen LogP contribution in [0.1, 0.15) is 26.3 Å². The highest BCUT2D eigenvalue weighted by molar-refractivity contribution is 5.88. The molecule has 0 radical (unpaired) electrons. The quantitative estimate of drug-likeness (QED) is 0.628. The van der Waals surface area contributed by atoms with E-state index in [1.54, 1.807) is 20.8 Å². The van der Waals surface area contributed by atoms with Gasteiger partial charge in [-0.05, 0) is 44.5 Å². The van der Waals surface area contributed by atoms with Crippen molar-refractivity contribution < 1.29 is 14.3 Å². The van der Waals surface area contributed by atoms with Gasteiger partial charge in [0.2, 0.25) is 5.91 Å². The minimum absolute atomic E-state index is 0.235. The molecule has 2 heterocycles. The zero-order valence-corrected chi connectivity index (χ0v) is 18.0. The monoisotopic (exact) mass is 410 g/mol. The Morgan fingerprint density at radius 3 is 2.50 bits per heavy atom. The maximum atomic E-state index is 12.9. The molecule has 3 rings (SSSR count). The number of ether oxygens (including phenoxy) is 1. The van der Waals surface area contributed by atoms with Crippen molar-refractivity contribution in [2.24, 2.45) is 7.05 Å². The van der Waals surface area contributed by atoms with Crippen LogP contribution in [0.3, 0.4) is 0 Å². The number of hydrogen-bond donors (Lipinski definition) is 2. The number of nitrogens with one attached hydrogen (secondary N) is 2. The molecule has 0 aliphatic heterocycles. The lowest BCUT2D eigenvalue weighted by Gasteiger charge is -2.23. The number of amides is 2. The molecule has 0 aliphatic carbocycles. The summed E-state index contributed by atoms with van der Waals surface area (Å²) in [6.07, 6.45) is 5.66. The summed E-state index contributed by atoms with van der Waals surface area (Å²) in [5.41, 5.74) is 1.44. The third-order valence-corrected chi connectivity index (χ3v) is 4.75. The Hall–Kier alpha value is -3.22. The number of rotatable bonds is 7. The Balaban J connectivity index is 1.73. The molecule has 2 N–H and O–H groups in total. The van der Waals surface area contributed by atoms with Gasteiger partial charge in [-0.15, -0.1) is 0 Å². The minimum atomic E-state index is -0.740. The Morgan fingerprint density at radius 1 is 1.10 bits per heavy atom. The van der Waals surface area contributed by atoms with Crippen molar-refractivity contribution in [1.29, 1.82) is 0 Å². The van der Waals surface area contributed by atoms with Crippen molar-refractivity contribution in [2.75, 3.05) is 6.54 Å². The van der Waals surface area contributed by atoms with Gasteiger partial charge in [0.1, 0.15) is 11.6 Å². The van der Waals surface area contributed by atoms with Crippen molar-refractivity contribution in [2.45, 2.75) is 45.4 Å². The lowest BCUT2D eigenvalue weighted by molar-refractivity contribution is -0.123. The number of hydrogen-bond acceptors (Lipinski definition) is 3. The molecule has 160 valence electrons. The third kappa shape index (κ3) is 5.65. The molecule has 0 bridgehead atoms. The van der Waals surface area contributed by atoms with Crippen LogP contribution < -0.4 is 10.6 Å². The summed E-state index contributed by atoms with van der Waals surface area (Å²) in [4.78, 5) is 25.3. The fourth-order valence-corrected chi connectivity index (χ4v) is 3.42. The van der Waals surface area contributed by atoms with Crippen molar-refractivity contribution in [3.05, 3.63) is 60.6 Å². The molecule has 2 aromatic heterocycles. The number of benzene rings is 1. The summed E-state index contributed by atoms with van der Waals surface area (Å²) < 4.78 is 9.39. The van der Waals surface area contributed by atoms with Crippen LogP contribution >= 0.6 is 0 Å². The molecule has 0 fully saturated rings. The van der Waals surface area contributed by atoms with Crippen molar-refractivity contribution in [3.8, 4) is 0 Å². The number of aromatic nitrogens is 2. The average Bonchev–Trinajstić information content (AvgIpc) is 3.28. The van der Waals surface area contributed by atoms with Crippen molar-refractivity contribution in [3.63, 3.8) is 0 Å². The van der Waals surface area contributed by atoms with Gasteiger partial charge >= 0.3 is 6.09 Å². The van der Waals surface area contributed by atoms with Crippen LogP contribution in [0.4, 0.5) is 4.79 Å². The first-order valence-electron chi connectivity index (χ1n) is 10.1. The number of aryl methyl sites for hydroxylation is 1. The van der Waals surface area contributed by atoms with E-state index in [1.807, 2.05) is 71.2 Å². The Bertz CT molecular complexity index is 999. The molecule has 30 heavy (non-hydrogen) atoms. The summed E-state index contributed by atoms with van der Waals surface area (Å²) in [6, 6.07) is 11.2. The highest BCUT2D eigenvalue weighted by Crippen LogP contribution is 2.21. The van der Waals surface area contributed by atoms with Crippen LogP contribution in [0.2, 0.25) is 0 Å². The first-order valence-corrected chi connectivity index (χ1v) is 10.1. The fourth-order valence-electron chi connectivity index (χ4n) is 3.42. The Morgan fingerprint density at radius 2 is 1.80 bits per heavy atom. The smallest absolute Gasteiger partial charge is 0.408 e. The Labute approximate surface area is 177 Å². The topological polar surface area (TPSA) is 77.3 Å². The van der Waals surface area contributed by atoms with Crippen LogP contribution in [-0.4, -0.2) is 39.3 Å². The molecule has 3 aromatic rings. The van der Waals surface area contributed by atoms with Gasteiger partial charge in [-0.3, -0.25) is 4.79 Å². The van der Waals surface area contributed by atoms with Crippen molar-refractivity contribution >= 4 is 22.9 Å². The van der Waals surface area contributed by atoms with Crippen LogP contribution in [0.15, 0.2) is 55.0 Å². The van der Waals surface area contributed by atoms with E-state index in [0.29, 0.717) is 19.5 Å². The minimum Gasteiger partial charge on any atom is -0.444 e. The molecular weight excluding hydrogens is 380 g/mol. The molecule has 1 atom stereocenters. The molecule has 0 saturated carbocycles. The van der Waals surface area contributed by atoms with Gasteiger partial charge in [0.15, 0.2) is 0 Å². The molecule has 0 saturated heterocycles. The summed E-state index contributed by atoms with van der Waals surface area (Å²) in [5.74, 6) is -0.235. The van der Waals surface area contributed by atoms with Gasteiger partial charge in [-0.2, -0.15) is 0 Å². The lowest BCUT2D eigenvalue weighted by atomic mass is 10.0. The summed E-state index contributed by atoms with van der Waals surface area (Å²) in [6.45, 7) is 6.51. The molecule has 0 spiro atoms. The second-order valence-corrected chi connectivity index (χ2v) is 8.40. The van der Waals surface area contributed by atoms with E-state index < -0.39 is 17.7 Å². The molecule has 0 aliphatic rings. The second kappa shape index (κ2) is 9.07. The summed E-state index contributed by atoms with van der Waals surface area (Å²) >= 11 is 0. The van der Waals surface area contributed by atoms with Gasteiger partial charge in [-0.1, -0.05) is 18.2 Å². The average molecular weight is 411 g/mol. The standard InChI is InChI=1S/C23H30N4O3/c1-23(2,3)30-22(29)25-19(21(28)24-11-14-27-12-7-8-13-27)15-17-16-26(4)20-10-6-5-9-18(17)20/h5-10,12-13,16,19H,11,14-15H2,1-4H3,(H,24,28)(H,25,29). The van der Waals surface area contributed by atoms with Gasteiger partial charge in [0.25, 0.3) is 0 Å². The first kappa shape index (κ1) is 21.5. The van der Waals surface area contributed by atoms with Gasteiger partial charge in [-0.25, -0.2) is 4.79 Å². The lowest BCUT2D eigenvalue weighted by Crippen LogP contribution is -2.49. The molecular formula is C23H30N4O3.